The second-order valence-electron chi connectivity index (χ2n) is 10.5. The minimum Gasteiger partial charge on any atom is -0.488 e. The van der Waals surface area contributed by atoms with Gasteiger partial charge in [-0.05, 0) is 137 Å². The van der Waals surface area contributed by atoms with Crippen LogP contribution in [0.3, 0.4) is 0 Å². The van der Waals surface area contributed by atoms with Crippen LogP contribution in [0.2, 0.25) is 0 Å². The van der Waals surface area contributed by atoms with Gasteiger partial charge >= 0.3 is 11.9 Å². The third kappa shape index (κ3) is 14.3. The Morgan fingerprint density at radius 3 is 1.58 bits per heavy atom. The number of hydrogen-bond donors (Lipinski definition) is 1. The van der Waals surface area contributed by atoms with Crippen molar-refractivity contribution < 1.29 is 38.4 Å². The van der Waals surface area contributed by atoms with Gasteiger partial charge in [0.05, 0.1) is 15.6 Å². The van der Waals surface area contributed by atoms with Crippen LogP contribution in [0.5, 0.6) is 11.5 Å². The SMILES string of the molecule is CCOC(=O)[C@H](Cc1ccc(OCC=CC#Cc2ccc(C#CC=CCOc3ccc(C[C@H](OCC)C(=O)O)cc3Br)cc2)c(Br)c1)OCC. The number of carbonyl (C=O) groups excluding carboxylic acids is 1. The van der Waals surface area contributed by atoms with Crippen molar-refractivity contribution in [2.45, 2.75) is 45.8 Å². The van der Waals surface area contributed by atoms with Crippen LogP contribution < -0.4 is 9.47 Å². The molecule has 0 saturated heterocycles. The van der Waals surface area contributed by atoms with E-state index in [-0.39, 0.29) is 12.4 Å². The van der Waals surface area contributed by atoms with Crippen LogP contribution in [0, 0.1) is 23.7 Å². The highest BCUT2D eigenvalue weighted by molar-refractivity contribution is 9.10. The highest BCUT2D eigenvalue weighted by Crippen LogP contribution is 2.28. The minimum absolute atomic E-state index is 0.271. The van der Waals surface area contributed by atoms with E-state index in [9.17, 15) is 14.7 Å². The van der Waals surface area contributed by atoms with E-state index in [1.165, 1.54) is 0 Å². The van der Waals surface area contributed by atoms with Crippen LogP contribution in [0.1, 0.15) is 43.0 Å². The summed E-state index contributed by atoms with van der Waals surface area (Å²) in [4.78, 5) is 23.5. The maximum absolute atomic E-state index is 12.2. The molecule has 0 amide bonds. The summed E-state index contributed by atoms with van der Waals surface area (Å²) < 4.78 is 29.1. The molecular formula is C40H40Br2O8. The number of aliphatic carboxylic acids is 1. The molecule has 3 rings (SSSR count). The summed E-state index contributed by atoms with van der Waals surface area (Å²) in [6, 6.07) is 18.8. The van der Waals surface area contributed by atoms with E-state index in [1.54, 1.807) is 32.1 Å². The van der Waals surface area contributed by atoms with Gasteiger partial charge < -0.3 is 28.8 Å². The fraction of sp³-hybridized carbons (Fsp3) is 0.300. The van der Waals surface area contributed by atoms with Gasteiger partial charge in [-0.25, -0.2) is 9.59 Å². The fourth-order valence-electron chi connectivity index (χ4n) is 4.45. The Balaban J connectivity index is 1.41. The number of carboxylic acids is 1. The number of allylic oxidation sites excluding steroid dienone is 2. The van der Waals surface area contributed by atoms with Crippen LogP contribution in [0.25, 0.3) is 0 Å². The van der Waals surface area contributed by atoms with Crippen molar-refractivity contribution in [3.63, 3.8) is 0 Å². The lowest BCUT2D eigenvalue weighted by molar-refractivity contribution is -0.156. The van der Waals surface area contributed by atoms with Gasteiger partial charge in [0.15, 0.2) is 12.2 Å². The van der Waals surface area contributed by atoms with E-state index in [2.05, 4.69) is 55.5 Å². The summed E-state index contributed by atoms with van der Waals surface area (Å²) in [6.45, 7) is 7.13. The largest absolute Gasteiger partial charge is 0.488 e. The van der Waals surface area contributed by atoms with Crippen LogP contribution in [0.4, 0.5) is 0 Å². The molecule has 10 heteroatoms. The van der Waals surface area contributed by atoms with Crippen molar-refractivity contribution in [2.75, 3.05) is 33.0 Å². The zero-order chi connectivity index (χ0) is 36.1. The minimum atomic E-state index is -0.984. The first-order chi connectivity index (χ1) is 24.2. The summed E-state index contributed by atoms with van der Waals surface area (Å²) in [5, 5.41) is 9.29. The average Bonchev–Trinajstić information content (AvgIpc) is 3.09. The van der Waals surface area contributed by atoms with Crippen molar-refractivity contribution in [2.24, 2.45) is 0 Å². The molecule has 3 aromatic rings. The zero-order valence-electron chi connectivity index (χ0n) is 28.2. The van der Waals surface area contributed by atoms with E-state index in [0.29, 0.717) is 51.0 Å². The first-order valence-corrected chi connectivity index (χ1v) is 17.7. The van der Waals surface area contributed by atoms with Crippen molar-refractivity contribution >= 4 is 43.8 Å². The van der Waals surface area contributed by atoms with E-state index in [1.807, 2.05) is 73.7 Å². The fourth-order valence-corrected chi connectivity index (χ4v) is 5.53. The number of carboxylic acid groups (broad SMARTS) is 1. The van der Waals surface area contributed by atoms with Gasteiger partial charge in [0.2, 0.25) is 0 Å². The molecule has 0 fully saturated rings. The molecule has 2 atom stereocenters. The number of halogens is 2. The van der Waals surface area contributed by atoms with Gasteiger partial charge in [-0.3, -0.25) is 0 Å². The first kappa shape index (κ1) is 40.1. The van der Waals surface area contributed by atoms with Gasteiger partial charge in [-0.2, -0.15) is 0 Å². The Kier molecular flexibility index (Phi) is 18.0. The first-order valence-electron chi connectivity index (χ1n) is 16.1. The summed E-state index contributed by atoms with van der Waals surface area (Å²) in [5.74, 6) is 12.2. The standard InChI is InChI=1S/C40H40Br2O8/c1-4-46-37(39(43)44)27-31-19-21-35(33(41)25-31)49-23-11-7-9-13-29-15-17-30(18-16-29)14-10-8-12-24-50-36-22-20-32(26-34(36)42)28-38(47-5-2)40(45)48-6-3/h7-8,11-12,15-22,25-26,37-38H,4-6,23-24,27-28H2,1-3H3,(H,43,44)/t37-,38-/m0/s1. The van der Waals surface area contributed by atoms with Gasteiger partial charge in [-0.1, -0.05) is 35.8 Å². The van der Waals surface area contributed by atoms with Crippen LogP contribution in [0.15, 0.2) is 93.9 Å². The highest BCUT2D eigenvalue weighted by atomic mass is 79.9. The normalized spacial score (nSPS) is 12.0. The summed E-state index contributed by atoms with van der Waals surface area (Å²) in [6.07, 6.45) is 6.29. The van der Waals surface area contributed by atoms with E-state index in [0.717, 1.165) is 31.2 Å². The number of esters is 1. The smallest absolute Gasteiger partial charge is 0.335 e. The average molecular weight is 809 g/mol. The lowest BCUT2D eigenvalue weighted by atomic mass is 10.1. The maximum Gasteiger partial charge on any atom is 0.335 e. The molecule has 1 N–H and O–H groups in total. The molecule has 0 saturated carbocycles. The van der Waals surface area contributed by atoms with E-state index < -0.39 is 18.2 Å². The highest BCUT2D eigenvalue weighted by Gasteiger charge is 2.21. The van der Waals surface area contributed by atoms with Crippen molar-refractivity contribution in [1.29, 1.82) is 0 Å². The molecule has 0 aromatic heterocycles. The topological polar surface area (TPSA) is 101 Å². The van der Waals surface area contributed by atoms with Crippen molar-refractivity contribution in [3.05, 3.63) is 116 Å². The number of ether oxygens (including phenoxy) is 5. The lowest BCUT2D eigenvalue weighted by Gasteiger charge is -2.16. The molecule has 3 aromatic carbocycles. The Hall–Kier alpha value is -4.32. The quantitative estimate of drug-likeness (QED) is 0.109. The van der Waals surface area contributed by atoms with Gasteiger partial charge in [0.1, 0.15) is 24.7 Å². The summed E-state index contributed by atoms with van der Waals surface area (Å²) in [5.41, 5.74) is 3.49. The molecule has 8 nitrogen and oxygen atoms in total. The van der Waals surface area contributed by atoms with Gasteiger partial charge in [0.25, 0.3) is 0 Å². The maximum atomic E-state index is 12.2. The second kappa shape index (κ2) is 22.4. The zero-order valence-corrected chi connectivity index (χ0v) is 31.4. The molecule has 0 bridgehead atoms. The molecular weight excluding hydrogens is 768 g/mol. The number of hydrogen-bond acceptors (Lipinski definition) is 7. The van der Waals surface area contributed by atoms with Crippen LogP contribution >= 0.6 is 31.9 Å². The third-order valence-electron chi connectivity index (χ3n) is 6.79. The number of carbonyl (C=O) groups is 2. The summed E-state index contributed by atoms with van der Waals surface area (Å²) >= 11 is 7.03. The summed E-state index contributed by atoms with van der Waals surface area (Å²) in [7, 11) is 0. The van der Waals surface area contributed by atoms with Crippen LogP contribution in [-0.4, -0.2) is 62.3 Å². The Bertz CT molecular complexity index is 1740. The van der Waals surface area contributed by atoms with Gasteiger partial charge in [0, 0.05) is 37.2 Å². The molecule has 0 aliphatic heterocycles. The monoisotopic (exact) mass is 806 g/mol. The second-order valence-corrected chi connectivity index (χ2v) is 12.2. The van der Waals surface area contributed by atoms with E-state index >= 15 is 0 Å². The molecule has 0 radical (unpaired) electrons. The molecule has 0 heterocycles. The van der Waals surface area contributed by atoms with E-state index in [4.69, 9.17) is 23.7 Å². The van der Waals surface area contributed by atoms with Crippen LogP contribution in [-0.2, 0) is 36.6 Å². The van der Waals surface area contributed by atoms with Crippen molar-refractivity contribution in [1.82, 2.24) is 0 Å². The Morgan fingerprint density at radius 2 is 1.16 bits per heavy atom. The Morgan fingerprint density at radius 1 is 0.700 bits per heavy atom. The van der Waals surface area contributed by atoms with Crippen molar-refractivity contribution in [3.8, 4) is 35.2 Å². The number of rotatable bonds is 17. The molecule has 0 unspecified atom stereocenters. The lowest BCUT2D eigenvalue weighted by Crippen LogP contribution is -2.29. The molecule has 0 spiro atoms. The molecule has 262 valence electrons. The Labute approximate surface area is 311 Å². The predicted octanol–water partition coefficient (Wildman–Crippen LogP) is 7.73. The molecule has 50 heavy (non-hydrogen) atoms. The predicted molar refractivity (Wildman–Crippen MR) is 200 cm³/mol. The van der Waals surface area contributed by atoms with Gasteiger partial charge in [-0.15, -0.1) is 0 Å². The molecule has 0 aliphatic rings. The molecule has 0 aliphatic carbocycles. The third-order valence-corrected chi connectivity index (χ3v) is 8.03. The number of benzene rings is 3.